The molecule has 0 aromatic heterocycles. The molecule has 0 aromatic carbocycles. The van der Waals surface area contributed by atoms with Gasteiger partial charge < -0.3 is 10.1 Å². The molecular formula is C12H28N2O. The van der Waals surface area contributed by atoms with Gasteiger partial charge in [0.15, 0.2) is 0 Å². The van der Waals surface area contributed by atoms with E-state index < -0.39 is 0 Å². The summed E-state index contributed by atoms with van der Waals surface area (Å²) in [5, 5.41) is 3.40. The highest BCUT2D eigenvalue weighted by atomic mass is 16.5. The summed E-state index contributed by atoms with van der Waals surface area (Å²) in [5.74, 6) is 0.715. The van der Waals surface area contributed by atoms with Gasteiger partial charge in [-0.05, 0) is 26.9 Å². The second kappa shape index (κ2) is 8.08. The van der Waals surface area contributed by atoms with Gasteiger partial charge in [-0.1, -0.05) is 20.3 Å². The number of ether oxygens (including phenoxy) is 1. The molecule has 15 heavy (non-hydrogen) atoms. The molecule has 92 valence electrons. The molecule has 0 radical (unpaired) electrons. The number of hydrogen-bond acceptors (Lipinski definition) is 3. The number of methoxy groups -OCH3 is 1. The molecule has 1 N–H and O–H groups in total. The largest absolute Gasteiger partial charge is 0.383 e. The summed E-state index contributed by atoms with van der Waals surface area (Å²) in [6.07, 6.45) is 1.22. The molecule has 0 fully saturated rings. The summed E-state index contributed by atoms with van der Waals surface area (Å²) in [6, 6.07) is 1.05. The fourth-order valence-corrected chi connectivity index (χ4v) is 1.70. The molecule has 0 aromatic rings. The fraction of sp³-hybridized carbons (Fsp3) is 1.00. The van der Waals surface area contributed by atoms with Crippen LogP contribution in [0.1, 0.15) is 27.2 Å². The van der Waals surface area contributed by atoms with Gasteiger partial charge in [0.1, 0.15) is 0 Å². The lowest BCUT2D eigenvalue weighted by Crippen LogP contribution is -2.45. The highest BCUT2D eigenvalue weighted by molar-refractivity contribution is 4.76. The van der Waals surface area contributed by atoms with Crippen LogP contribution >= 0.6 is 0 Å². The van der Waals surface area contributed by atoms with E-state index in [1.165, 1.54) is 6.42 Å². The van der Waals surface area contributed by atoms with Gasteiger partial charge in [0, 0.05) is 25.7 Å². The quantitative estimate of drug-likeness (QED) is 0.667. The van der Waals surface area contributed by atoms with E-state index in [0.717, 1.165) is 13.2 Å². The lowest BCUT2D eigenvalue weighted by atomic mass is 9.98. The molecule has 3 nitrogen and oxygen atoms in total. The highest BCUT2D eigenvalue weighted by Crippen LogP contribution is 2.09. The molecule has 0 amide bonds. The van der Waals surface area contributed by atoms with Gasteiger partial charge in [0.2, 0.25) is 0 Å². The minimum Gasteiger partial charge on any atom is -0.383 e. The second-order valence-electron chi connectivity index (χ2n) is 4.52. The van der Waals surface area contributed by atoms with E-state index in [9.17, 15) is 0 Å². The summed E-state index contributed by atoms with van der Waals surface area (Å²) >= 11 is 0. The van der Waals surface area contributed by atoms with Crippen molar-refractivity contribution in [1.82, 2.24) is 10.2 Å². The Bertz CT molecular complexity index is 153. The molecule has 3 unspecified atom stereocenters. The average Bonchev–Trinajstić information content (AvgIpc) is 2.24. The van der Waals surface area contributed by atoms with Crippen molar-refractivity contribution in [1.29, 1.82) is 0 Å². The van der Waals surface area contributed by atoms with Gasteiger partial charge in [0.05, 0.1) is 6.61 Å². The van der Waals surface area contributed by atoms with Crippen molar-refractivity contribution in [3.8, 4) is 0 Å². The smallest absolute Gasteiger partial charge is 0.0615 e. The summed E-state index contributed by atoms with van der Waals surface area (Å²) in [6.45, 7) is 8.62. The van der Waals surface area contributed by atoms with Gasteiger partial charge in [0.25, 0.3) is 0 Å². The molecule has 0 spiro atoms. The van der Waals surface area contributed by atoms with E-state index in [1.807, 2.05) is 7.05 Å². The number of hydrogen-bond donors (Lipinski definition) is 1. The van der Waals surface area contributed by atoms with Crippen LogP contribution in [0.4, 0.5) is 0 Å². The van der Waals surface area contributed by atoms with Gasteiger partial charge in [-0.15, -0.1) is 0 Å². The summed E-state index contributed by atoms with van der Waals surface area (Å²) < 4.78 is 5.16. The van der Waals surface area contributed by atoms with Crippen molar-refractivity contribution in [3.63, 3.8) is 0 Å². The molecule has 0 saturated carbocycles. The molecule has 0 aliphatic carbocycles. The predicted molar refractivity (Wildman–Crippen MR) is 66.3 cm³/mol. The van der Waals surface area contributed by atoms with E-state index in [2.05, 4.69) is 38.0 Å². The van der Waals surface area contributed by atoms with Crippen LogP contribution in [0.15, 0.2) is 0 Å². The lowest BCUT2D eigenvalue weighted by Gasteiger charge is -2.31. The Hall–Kier alpha value is -0.120. The average molecular weight is 216 g/mol. The van der Waals surface area contributed by atoms with Crippen molar-refractivity contribution < 1.29 is 4.74 Å². The topological polar surface area (TPSA) is 24.5 Å². The van der Waals surface area contributed by atoms with E-state index in [4.69, 9.17) is 4.74 Å². The summed E-state index contributed by atoms with van der Waals surface area (Å²) in [5.41, 5.74) is 0. The second-order valence-corrected chi connectivity index (χ2v) is 4.52. The SMILES string of the molecule is CCC(C)C(CN(C)C(C)COC)NC. The van der Waals surface area contributed by atoms with Crippen LogP contribution in [-0.2, 0) is 4.74 Å². The van der Waals surface area contributed by atoms with Crippen LogP contribution in [0.5, 0.6) is 0 Å². The molecular weight excluding hydrogens is 188 g/mol. The zero-order valence-electron chi connectivity index (χ0n) is 11.2. The first-order valence-electron chi connectivity index (χ1n) is 5.93. The Kier molecular flexibility index (Phi) is 8.02. The van der Waals surface area contributed by atoms with Crippen LogP contribution in [0.3, 0.4) is 0 Å². The molecule has 0 aliphatic heterocycles. The first-order valence-corrected chi connectivity index (χ1v) is 5.93. The van der Waals surface area contributed by atoms with Crippen LogP contribution in [-0.4, -0.2) is 51.3 Å². The maximum atomic E-state index is 5.16. The third-order valence-electron chi connectivity index (χ3n) is 3.35. The molecule has 3 atom stereocenters. The summed E-state index contributed by atoms with van der Waals surface area (Å²) in [4.78, 5) is 2.36. The van der Waals surface area contributed by atoms with Crippen LogP contribution in [0.2, 0.25) is 0 Å². The standard InChI is InChI=1S/C12H28N2O/c1-7-10(2)12(13-4)8-14(5)11(3)9-15-6/h10-13H,7-9H2,1-6H3. The van der Waals surface area contributed by atoms with Gasteiger partial charge in [-0.2, -0.15) is 0 Å². The van der Waals surface area contributed by atoms with E-state index >= 15 is 0 Å². The number of rotatable bonds is 8. The highest BCUT2D eigenvalue weighted by Gasteiger charge is 2.18. The maximum absolute atomic E-state index is 5.16. The Morgan fingerprint density at radius 2 is 1.93 bits per heavy atom. The minimum absolute atomic E-state index is 0.481. The van der Waals surface area contributed by atoms with Crippen molar-refractivity contribution >= 4 is 0 Å². The van der Waals surface area contributed by atoms with Crippen molar-refractivity contribution in [2.24, 2.45) is 5.92 Å². The maximum Gasteiger partial charge on any atom is 0.0615 e. The first kappa shape index (κ1) is 14.9. The van der Waals surface area contributed by atoms with Crippen LogP contribution in [0.25, 0.3) is 0 Å². The fourth-order valence-electron chi connectivity index (χ4n) is 1.70. The number of nitrogens with one attached hydrogen (secondary N) is 1. The van der Waals surface area contributed by atoms with E-state index in [-0.39, 0.29) is 0 Å². The van der Waals surface area contributed by atoms with Crippen LogP contribution in [0, 0.1) is 5.92 Å². The Labute approximate surface area is 95.2 Å². The third-order valence-corrected chi connectivity index (χ3v) is 3.35. The molecule has 0 heterocycles. The Morgan fingerprint density at radius 3 is 2.33 bits per heavy atom. The first-order chi connectivity index (χ1) is 7.06. The number of likely N-dealkylation sites (N-methyl/N-ethyl adjacent to an activating group) is 2. The summed E-state index contributed by atoms with van der Waals surface area (Å²) in [7, 11) is 5.97. The normalized spacial score (nSPS) is 17.8. The van der Waals surface area contributed by atoms with Crippen molar-refractivity contribution in [2.75, 3.05) is 34.4 Å². The third kappa shape index (κ3) is 5.50. The minimum atomic E-state index is 0.481. The number of nitrogens with zero attached hydrogens (tertiary/aromatic N) is 1. The van der Waals surface area contributed by atoms with Crippen molar-refractivity contribution in [3.05, 3.63) is 0 Å². The predicted octanol–water partition coefficient (Wildman–Crippen LogP) is 1.59. The molecule has 0 bridgehead atoms. The zero-order valence-corrected chi connectivity index (χ0v) is 11.2. The molecule has 0 aliphatic rings. The Morgan fingerprint density at radius 1 is 1.33 bits per heavy atom. The monoisotopic (exact) mass is 216 g/mol. The van der Waals surface area contributed by atoms with E-state index in [0.29, 0.717) is 18.0 Å². The van der Waals surface area contributed by atoms with E-state index in [1.54, 1.807) is 7.11 Å². The van der Waals surface area contributed by atoms with Crippen LogP contribution < -0.4 is 5.32 Å². The van der Waals surface area contributed by atoms with Gasteiger partial charge in [-0.25, -0.2) is 0 Å². The van der Waals surface area contributed by atoms with Crippen molar-refractivity contribution in [2.45, 2.75) is 39.3 Å². The zero-order chi connectivity index (χ0) is 11.8. The molecule has 3 heteroatoms. The lowest BCUT2D eigenvalue weighted by molar-refractivity contribution is 0.104. The Balaban J connectivity index is 4.05. The van der Waals surface area contributed by atoms with Gasteiger partial charge >= 0.3 is 0 Å². The molecule has 0 saturated heterocycles. The van der Waals surface area contributed by atoms with Gasteiger partial charge in [-0.3, -0.25) is 4.90 Å². The molecule has 0 rings (SSSR count).